The molecule has 0 atom stereocenters. The van der Waals surface area contributed by atoms with Gasteiger partial charge in [0.15, 0.2) is 0 Å². The molecule has 1 aromatic carbocycles. The second kappa shape index (κ2) is 3.16. The Morgan fingerprint density at radius 3 is 2.73 bits per heavy atom. The molecule has 1 radical (unpaired) electrons. The molecule has 0 bridgehead atoms. The van der Waals surface area contributed by atoms with Crippen LogP contribution in [0, 0.1) is 6.67 Å². The molecule has 0 N–H and O–H groups in total. The number of nitrogens with zero attached hydrogens (tertiary/aromatic N) is 2. The van der Waals surface area contributed by atoms with Crippen molar-refractivity contribution in [1.29, 1.82) is 0 Å². The van der Waals surface area contributed by atoms with E-state index in [0.29, 0.717) is 0 Å². The lowest BCUT2D eigenvalue weighted by molar-refractivity contribution is 0.436. The lowest BCUT2D eigenvalue weighted by atomic mass is 10.1. The highest BCUT2D eigenvalue weighted by Gasteiger charge is 2.19. The highest BCUT2D eigenvalue weighted by Crippen LogP contribution is 2.29. The fourth-order valence-electron chi connectivity index (χ4n) is 2.05. The van der Waals surface area contributed by atoms with Gasteiger partial charge in [-0.3, -0.25) is 0 Å². The van der Waals surface area contributed by atoms with Crippen molar-refractivity contribution < 1.29 is 0 Å². The highest BCUT2D eigenvalue weighted by atomic mass is 15.3. The fourth-order valence-corrected chi connectivity index (χ4v) is 2.05. The third-order valence-electron chi connectivity index (χ3n) is 2.85. The summed E-state index contributed by atoms with van der Waals surface area (Å²) in [6, 6.07) is 8.56. The lowest BCUT2D eigenvalue weighted by Gasteiger charge is -2.17. The van der Waals surface area contributed by atoms with Gasteiger partial charge in [0.1, 0.15) is 6.67 Å². The Morgan fingerprint density at radius 1 is 1.13 bits per heavy atom. The van der Waals surface area contributed by atoms with E-state index in [0.717, 1.165) is 6.42 Å². The monoisotopic (exact) mass is 197 g/mol. The van der Waals surface area contributed by atoms with E-state index in [1.807, 2.05) is 7.05 Å². The minimum absolute atomic E-state index is 1.03. The summed E-state index contributed by atoms with van der Waals surface area (Å²) in [5, 5.41) is 0. The van der Waals surface area contributed by atoms with Crippen LogP contribution in [0.15, 0.2) is 42.4 Å². The molecule has 0 aromatic heterocycles. The van der Waals surface area contributed by atoms with Crippen LogP contribution in [-0.2, 0) is 6.42 Å². The zero-order valence-electron chi connectivity index (χ0n) is 8.72. The van der Waals surface area contributed by atoms with Gasteiger partial charge in [0.25, 0.3) is 0 Å². The lowest BCUT2D eigenvalue weighted by Crippen LogP contribution is -2.15. The van der Waals surface area contributed by atoms with Crippen molar-refractivity contribution in [3.05, 3.63) is 60.2 Å². The fraction of sp³-hybridized carbons (Fsp3) is 0.154. The van der Waals surface area contributed by atoms with Crippen LogP contribution in [0.3, 0.4) is 0 Å². The summed E-state index contributed by atoms with van der Waals surface area (Å²) < 4.78 is 0. The van der Waals surface area contributed by atoms with E-state index in [1.165, 1.54) is 16.8 Å². The summed E-state index contributed by atoms with van der Waals surface area (Å²) in [7, 11) is 2.04. The highest BCUT2D eigenvalue weighted by molar-refractivity contribution is 5.63. The Labute approximate surface area is 90.1 Å². The van der Waals surface area contributed by atoms with Crippen LogP contribution in [0.5, 0.6) is 0 Å². The van der Waals surface area contributed by atoms with Crippen LogP contribution in [0.1, 0.15) is 11.1 Å². The van der Waals surface area contributed by atoms with Crippen molar-refractivity contribution >= 4 is 6.08 Å². The van der Waals surface area contributed by atoms with Crippen LogP contribution in [0.2, 0.25) is 0 Å². The van der Waals surface area contributed by atoms with Crippen molar-refractivity contribution in [2.45, 2.75) is 6.42 Å². The zero-order chi connectivity index (χ0) is 10.3. The van der Waals surface area contributed by atoms with Crippen LogP contribution >= 0.6 is 0 Å². The van der Waals surface area contributed by atoms with Crippen molar-refractivity contribution in [3.8, 4) is 0 Å². The molecule has 0 saturated heterocycles. The normalized spacial score (nSPS) is 18.3. The molecule has 3 rings (SSSR count). The summed E-state index contributed by atoms with van der Waals surface area (Å²) in [4.78, 5) is 4.24. The number of benzene rings is 1. The average Bonchev–Trinajstić information content (AvgIpc) is 2.82. The van der Waals surface area contributed by atoms with Crippen LogP contribution < -0.4 is 0 Å². The number of hydrogen-bond acceptors (Lipinski definition) is 2. The first kappa shape index (κ1) is 8.60. The predicted octanol–water partition coefficient (Wildman–Crippen LogP) is 2.42. The van der Waals surface area contributed by atoms with Crippen LogP contribution in [0.4, 0.5) is 0 Å². The molecule has 0 saturated carbocycles. The molecule has 0 unspecified atom stereocenters. The van der Waals surface area contributed by atoms with E-state index in [1.54, 1.807) is 0 Å². The summed E-state index contributed by atoms with van der Waals surface area (Å²) in [6.45, 7) is 2.09. The van der Waals surface area contributed by atoms with Crippen molar-refractivity contribution in [2.24, 2.45) is 0 Å². The molecular weight excluding hydrogens is 184 g/mol. The first-order valence-corrected chi connectivity index (χ1v) is 5.15. The van der Waals surface area contributed by atoms with Crippen LogP contribution in [-0.4, -0.2) is 16.8 Å². The van der Waals surface area contributed by atoms with Gasteiger partial charge in [-0.25, -0.2) is 0 Å². The van der Waals surface area contributed by atoms with E-state index in [9.17, 15) is 0 Å². The van der Waals surface area contributed by atoms with E-state index in [-0.39, 0.29) is 0 Å². The van der Waals surface area contributed by atoms with Gasteiger partial charge in [-0.1, -0.05) is 24.3 Å². The molecule has 1 aliphatic carbocycles. The van der Waals surface area contributed by atoms with E-state index in [4.69, 9.17) is 0 Å². The molecular formula is C13H13N2. The molecule has 15 heavy (non-hydrogen) atoms. The Bertz CT molecular complexity index is 446. The third kappa shape index (κ3) is 1.42. The summed E-state index contributed by atoms with van der Waals surface area (Å²) in [6.07, 6.45) is 7.45. The number of hydrogen-bond donors (Lipinski definition) is 0. The summed E-state index contributed by atoms with van der Waals surface area (Å²) in [5.41, 5.74) is 4.12. The molecule has 1 heterocycles. The zero-order valence-corrected chi connectivity index (χ0v) is 8.72. The van der Waals surface area contributed by atoms with Gasteiger partial charge in [-0.05, 0) is 17.2 Å². The smallest absolute Gasteiger partial charge is 0.145 e. The van der Waals surface area contributed by atoms with Crippen LogP contribution in [0.25, 0.3) is 6.08 Å². The Hall–Kier alpha value is -1.70. The summed E-state index contributed by atoms with van der Waals surface area (Å²) >= 11 is 0. The maximum Gasteiger partial charge on any atom is 0.145 e. The molecule has 0 spiro atoms. The molecule has 2 heteroatoms. The standard InChI is InChI=1S/C13H13N2/c1-14-6-7-15(10-14)13-8-11-4-2-3-5-12(11)9-13/h2-8,10H,9H2,1H3. The van der Waals surface area contributed by atoms with Crippen molar-refractivity contribution in [1.82, 2.24) is 9.80 Å². The first-order valence-electron chi connectivity index (χ1n) is 5.15. The van der Waals surface area contributed by atoms with Crippen molar-refractivity contribution in [3.63, 3.8) is 0 Å². The molecule has 2 nitrogen and oxygen atoms in total. The van der Waals surface area contributed by atoms with Gasteiger partial charge in [-0.2, -0.15) is 0 Å². The number of rotatable bonds is 1. The Morgan fingerprint density at radius 2 is 2.00 bits per heavy atom. The molecule has 0 fully saturated rings. The minimum atomic E-state index is 1.03. The topological polar surface area (TPSA) is 6.48 Å². The van der Waals surface area contributed by atoms with Crippen molar-refractivity contribution in [2.75, 3.05) is 7.05 Å². The van der Waals surface area contributed by atoms with Gasteiger partial charge in [0.2, 0.25) is 0 Å². The molecule has 1 aliphatic heterocycles. The molecule has 0 amide bonds. The van der Waals surface area contributed by atoms with Gasteiger partial charge in [0.05, 0.1) is 0 Å². The minimum Gasteiger partial charge on any atom is -0.356 e. The van der Waals surface area contributed by atoms with E-state index >= 15 is 0 Å². The Balaban J connectivity index is 1.86. The van der Waals surface area contributed by atoms with Gasteiger partial charge >= 0.3 is 0 Å². The largest absolute Gasteiger partial charge is 0.356 e. The molecule has 75 valence electrons. The second-order valence-electron chi connectivity index (χ2n) is 4.00. The van der Waals surface area contributed by atoms with E-state index < -0.39 is 0 Å². The molecule has 1 aromatic rings. The maximum atomic E-state index is 2.26. The second-order valence-corrected chi connectivity index (χ2v) is 4.00. The maximum absolute atomic E-state index is 2.26. The third-order valence-corrected chi connectivity index (χ3v) is 2.85. The summed E-state index contributed by atoms with van der Waals surface area (Å²) in [5.74, 6) is 0. The first-order chi connectivity index (χ1) is 7.33. The number of allylic oxidation sites excluding steroid dienone is 1. The number of fused-ring (bicyclic) bond motifs is 1. The SMILES string of the molecule is CN1[CH]N(C2=Cc3ccccc3C2)C=C1. The Kier molecular flexibility index (Phi) is 1.81. The quantitative estimate of drug-likeness (QED) is 0.682. The van der Waals surface area contributed by atoms with Gasteiger partial charge in [-0.15, -0.1) is 0 Å². The predicted molar refractivity (Wildman–Crippen MR) is 61.2 cm³/mol. The van der Waals surface area contributed by atoms with Gasteiger partial charge in [0, 0.05) is 31.6 Å². The van der Waals surface area contributed by atoms with E-state index in [2.05, 4.69) is 59.2 Å². The molecule has 2 aliphatic rings. The average molecular weight is 197 g/mol. The van der Waals surface area contributed by atoms with Gasteiger partial charge < -0.3 is 9.80 Å².